The van der Waals surface area contributed by atoms with E-state index in [0.717, 1.165) is 58.6 Å². The topological polar surface area (TPSA) is 37.7 Å². The Bertz CT molecular complexity index is 805. The second-order valence-corrected chi connectivity index (χ2v) is 8.15. The summed E-state index contributed by atoms with van der Waals surface area (Å²) in [4.78, 5) is 16.7. The zero-order chi connectivity index (χ0) is 18.9. The molecule has 27 heavy (non-hydrogen) atoms. The van der Waals surface area contributed by atoms with Crippen molar-refractivity contribution in [2.45, 2.75) is 44.8 Å². The van der Waals surface area contributed by atoms with Gasteiger partial charge < -0.3 is 14.2 Å². The molecule has 2 fully saturated rings. The van der Waals surface area contributed by atoms with Gasteiger partial charge in [0.1, 0.15) is 0 Å². The first kappa shape index (κ1) is 18.5. The normalized spacial score (nSPS) is 20.4. The molecule has 5 nitrogen and oxygen atoms in total. The summed E-state index contributed by atoms with van der Waals surface area (Å²) in [6.45, 7) is 7.43. The largest absolute Gasteiger partial charge is 0.372 e. The maximum absolute atomic E-state index is 12.2. The van der Waals surface area contributed by atoms with Crippen molar-refractivity contribution < 1.29 is 9.53 Å². The summed E-state index contributed by atoms with van der Waals surface area (Å²) in [6.07, 6.45) is 5.64. The Hall–Kier alpha value is -1.85. The van der Waals surface area contributed by atoms with Gasteiger partial charge in [0.2, 0.25) is 5.91 Å². The monoisotopic (exact) mass is 369 g/mol. The molecule has 2 saturated heterocycles. The summed E-state index contributed by atoms with van der Waals surface area (Å²) in [7, 11) is 2.10. The van der Waals surface area contributed by atoms with E-state index in [1.165, 1.54) is 16.5 Å². The lowest BCUT2D eigenvalue weighted by atomic mass is 9.89. The number of carbonyl (C=O) groups is 1. The van der Waals surface area contributed by atoms with E-state index in [1.807, 2.05) is 4.90 Å². The molecule has 0 unspecified atom stereocenters. The molecule has 0 N–H and O–H groups in total. The number of hydrogen-bond donors (Lipinski definition) is 0. The van der Waals surface area contributed by atoms with Gasteiger partial charge in [-0.3, -0.25) is 9.69 Å². The second kappa shape index (κ2) is 7.64. The Labute approximate surface area is 161 Å². The molecule has 2 aromatic rings. The molecule has 1 amide bonds. The fraction of sp³-hybridized carbons (Fsp3) is 0.591. The number of likely N-dealkylation sites (tertiary alicyclic amines) is 1. The van der Waals surface area contributed by atoms with E-state index in [-0.39, 0.29) is 5.60 Å². The zero-order valence-corrected chi connectivity index (χ0v) is 16.6. The van der Waals surface area contributed by atoms with Crippen LogP contribution in [0, 0.1) is 0 Å². The van der Waals surface area contributed by atoms with Crippen molar-refractivity contribution in [3.8, 4) is 0 Å². The van der Waals surface area contributed by atoms with E-state index in [4.69, 9.17) is 4.74 Å². The van der Waals surface area contributed by atoms with Gasteiger partial charge in [0.25, 0.3) is 0 Å². The molecule has 5 heteroatoms. The Balaban J connectivity index is 1.42. The Morgan fingerprint density at radius 1 is 1.19 bits per heavy atom. The van der Waals surface area contributed by atoms with Gasteiger partial charge in [0.15, 0.2) is 0 Å². The predicted octanol–water partition coefficient (Wildman–Crippen LogP) is 3.17. The minimum Gasteiger partial charge on any atom is -0.372 e. The summed E-state index contributed by atoms with van der Waals surface area (Å²) in [6, 6.07) is 8.81. The first-order chi connectivity index (χ1) is 13.1. The zero-order valence-electron chi connectivity index (χ0n) is 16.6. The van der Waals surface area contributed by atoms with Gasteiger partial charge in [-0.05, 0) is 37.0 Å². The van der Waals surface area contributed by atoms with Crippen LogP contribution in [-0.2, 0) is 23.1 Å². The number of rotatable bonds is 4. The van der Waals surface area contributed by atoms with Gasteiger partial charge in [-0.2, -0.15) is 0 Å². The highest BCUT2D eigenvalue weighted by molar-refractivity contribution is 5.83. The molecular weight excluding hydrogens is 338 g/mol. The van der Waals surface area contributed by atoms with Gasteiger partial charge in [0, 0.05) is 63.3 Å². The summed E-state index contributed by atoms with van der Waals surface area (Å²) >= 11 is 0. The lowest BCUT2D eigenvalue weighted by Crippen LogP contribution is -2.57. The Kier molecular flexibility index (Phi) is 5.24. The van der Waals surface area contributed by atoms with Gasteiger partial charge in [-0.15, -0.1) is 0 Å². The minimum atomic E-state index is -0.0776. The highest BCUT2D eigenvalue weighted by Gasteiger charge is 2.40. The number of nitrogens with zero attached hydrogens (tertiary/aromatic N) is 3. The number of aryl methyl sites for hydroxylation is 1. The fourth-order valence-electron chi connectivity index (χ4n) is 4.64. The van der Waals surface area contributed by atoms with Crippen molar-refractivity contribution in [2.24, 2.45) is 7.05 Å². The molecule has 146 valence electrons. The molecule has 2 aliphatic rings. The van der Waals surface area contributed by atoms with Crippen LogP contribution in [0.4, 0.5) is 0 Å². The van der Waals surface area contributed by atoms with Crippen molar-refractivity contribution in [1.29, 1.82) is 0 Å². The van der Waals surface area contributed by atoms with Crippen LogP contribution in [0.5, 0.6) is 0 Å². The maximum atomic E-state index is 12.2. The molecule has 0 saturated carbocycles. The van der Waals surface area contributed by atoms with Crippen LogP contribution in [0.15, 0.2) is 30.5 Å². The number of carbonyl (C=O) groups excluding carboxylic acids is 1. The summed E-state index contributed by atoms with van der Waals surface area (Å²) in [5, 5.41) is 1.35. The third kappa shape index (κ3) is 3.76. The number of morpholine rings is 1. The molecule has 1 aromatic heterocycles. The fourth-order valence-corrected chi connectivity index (χ4v) is 4.64. The molecule has 0 atom stereocenters. The molecular formula is C22H31N3O2. The lowest BCUT2D eigenvalue weighted by molar-refractivity contribution is -0.151. The molecule has 0 radical (unpaired) electrons. The quantitative estimate of drug-likeness (QED) is 0.831. The van der Waals surface area contributed by atoms with Gasteiger partial charge >= 0.3 is 0 Å². The minimum absolute atomic E-state index is 0.0776. The molecule has 3 heterocycles. The van der Waals surface area contributed by atoms with Crippen molar-refractivity contribution in [3.63, 3.8) is 0 Å². The van der Waals surface area contributed by atoms with E-state index < -0.39 is 0 Å². The van der Waals surface area contributed by atoms with Crippen LogP contribution in [0.2, 0.25) is 0 Å². The van der Waals surface area contributed by atoms with Gasteiger partial charge in [0.05, 0.1) is 12.2 Å². The van der Waals surface area contributed by atoms with Crippen molar-refractivity contribution in [2.75, 3.05) is 32.8 Å². The number of fused-ring (bicyclic) bond motifs is 1. The number of benzene rings is 1. The van der Waals surface area contributed by atoms with E-state index in [0.29, 0.717) is 12.3 Å². The molecule has 0 aliphatic carbocycles. The summed E-state index contributed by atoms with van der Waals surface area (Å²) < 4.78 is 8.45. The van der Waals surface area contributed by atoms with E-state index in [2.05, 4.69) is 53.9 Å². The summed E-state index contributed by atoms with van der Waals surface area (Å²) in [5.41, 5.74) is 2.60. The Morgan fingerprint density at radius 3 is 2.78 bits per heavy atom. The van der Waals surface area contributed by atoms with Crippen molar-refractivity contribution >= 4 is 16.8 Å². The average molecular weight is 370 g/mol. The predicted molar refractivity (Wildman–Crippen MR) is 108 cm³/mol. The SMILES string of the molecule is CCCC(=O)N1CCC2(CC1)CN(Cc1cccc3c1ccn3C)CCO2. The van der Waals surface area contributed by atoms with Crippen LogP contribution in [-0.4, -0.2) is 58.7 Å². The van der Waals surface area contributed by atoms with E-state index in [9.17, 15) is 4.79 Å². The summed E-state index contributed by atoms with van der Waals surface area (Å²) in [5.74, 6) is 0.302. The van der Waals surface area contributed by atoms with Crippen molar-refractivity contribution in [1.82, 2.24) is 14.4 Å². The average Bonchev–Trinajstić information content (AvgIpc) is 3.05. The number of piperidine rings is 1. The smallest absolute Gasteiger partial charge is 0.222 e. The van der Waals surface area contributed by atoms with Crippen LogP contribution < -0.4 is 0 Å². The number of ether oxygens (including phenoxy) is 1. The van der Waals surface area contributed by atoms with Crippen molar-refractivity contribution in [3.05, 3.63) is 36.0 Å². The second-order valence-electron chi connectivity index (χ2n) is 8.15. The first-order valence-electron chi connectivity index (χ1n) is 10.3. The van der Waals surface area contributed by atoms with E-state index >= 15 is 0 Å². The molecule has 1 aromatic carbocycles. The third-order valence-electron chi connectivity index (χ3n) is 6.23. The van der Waals surface area contributed by atoms with Crippen LogP contribution in [0.3, 0.4) is 0 Å². The van der Waals surface area contributed by atoms with E-state index in [1.54, 1.807) is 0 Å². The standard InChI is InChI=1S/C22H31N3O2/c1-3-5-21(26)25-12-9-22(10-13-25)17-24(14-15-27-22)16-18-6-4-7-20-19(18)8-11-23(20)2/h4,6-8,11H,3,5,9-10,12-17H2,1-2H3. The molecule has 1 spiro atoms. The number of amides is 1. The Morgan fingerprint density at radius 2 is 2.00 bits per heavy atom. The lowest BCUT2D eigenvalue weighted by Gasteiger charge is -2.47. The third-order valence-corrected chi connectivity index (χ3v) is 6.23. The maximum Gasteiger partial charge on any atom is 0.222 e. The van der Waals surface area contributed by atoms with Crippen LogP contribution in [0.1, 0.15) is 38.2 Å². The van der Waals surface area contributed by atoms with Crippen LogP contribution >= 0.6 is 0 Å². The number of aromatic nitrogens is 1. The highest BCUT2D eigenvalue weighted by Crippen LogP contribution is 2.32. The van der Waals surface area contributed by atoms with Gasteiger partial charge in [-0.1, -0.05) is 19.1 Å². The van der Waals surface area contributed by atoms with Crippen LogP contribution in [0.25, 0.3) is 10.9 Å². The first-order valence-corrected chi connectivity index (χ1v) is 10.3. The molecule has 4 rings (SSSR count). The van der Waals surface area contributed by atoms with Gasteiger partial charge in [-0.25, -0.2) is 0 Å². The highest BCUT2D eigenvalue weighted by atomic mass is 16.5. The molecule has 2 aliphatic heterocycles. The number of hydrogen-bond acceptors (Lipinski definition) is 3. The molecule has 0 bridgehead atoms.